The lowest BCUT2D eigenvalue weighted by atomic mass is 10.1. The fraction of sp³-hybridized carbons (Fsp3) is 0.696. The normalized spacial score (nSPS) is 21.0. The van der Waals surface area contributed by atoms with E-state index in [4.69, 9.17) is 9.73 Å². The quantitative estimate of drug-likeness (QED) is 0.466. The first-order valence-corrected chi connectivity index (χ1v) is 11.3. The van der Waals surface area contributed by atoms with E-state index >= 15 is 0 Å². The predicted octanol–water partition coefficient (Wildman–Crippen LogP) is 2.45. The monoisotopic (exact) mass is 401 g/mol. The lowest BCUT2D eigenvalue weighted by molar-refractivity contribution is 0.141. The van der Waals surface area contributed by atoms with Crippen molar-refractivity contribution in [2.45, 2.75) is 51.7 Å². The first-order chi connectivity index (χ1) is 14.3. The molecule has 0 radical (unpaired) electrons. The average molecular weight is 402 g/mol. The largest absolute Gasteiger partial charge is 0.383 e. The second-order valence-electron chi connectivity index (χ2n) is 8.20. The Hall–Kier alpha value is -1.63. The summed E-state index contributed by atoms with van der Waals surface area (Å²) < 4.78 is 5.25. The molecule has 0 aromatic heterocycles. The molecule has 2 aliphatic heterocycles. The van der Waals surface area contributed by atoms with E-state index in [0.717, 1.165) is 38.7 Å². The molecule has 0 saturated carbocycles. The van der Waals surface area contributed by atoms with Gasteiger partial charge in [0.15, 0.2) is 5.96 Å². The van der Waals surface area contributed by atoms with Gasteiger partial charge < -0.3 is 15.4 Å². The van der Waals surface area contributed by atoms with Crippen molar-refractivity contribution in [1.29, 1.82) is 0 Å². The zero-order chi connectivity index (χ0) is 20.3. The first-order valence-electron chi connectivity index (χ1n) is 11.3. The van der Waals surface area contributed by atoms with Crippen LogP contribution >= 0.6 is 0 Å². The lowest BCUT2D eigenvalue weighted by Gasteiger charge is -2.25. The summed E-state index contributed by atoms with van der Waals surface area (Å²) in [5.74, 6) is 0.909. The molecule has 2 heterocycles. The average Bonchev–Trinajstić information content (AvgIpc) is 3.41. The number of methoxy groups -OCH3 is 1. The maximum Gasteiger partial charge on any atom is 0.191 e. The van der Waals surface area contributed by atoms with Gasteiger partial charge in [0, 0.05) is 39.3 Å². The van der Waals surface area contributed by atoms with Gasteiger partial charge in [0.05, 0.1) is 13.2 Å². The minimum absolute atomic E-state index is 0.568. The summed E-state index contributed by atoms with van der Waals surface area (Å²) in [5, 5.41) is 6.93. The van der Waals surface area contributed by atoms with Gasteiger partial charge in [-0.3, -0.25) is 9.80 Å². The third-order valence-corrected chi connectivity index (χ3v) is 5.98. The standard InChI is InChI=1S/C23H39N5O/c1-3-24-23(26-18-22-7-6-14-28(22)15-16-29-2)25-17-20-8-10-21(11-9-20)19-27-12-4-5-13-27/h8-11,22H,3-7,12-19H2,1-2H3,(H2,24,25,26). The molecule has 162 valence electrons. The van der Waals surface area contributed by atoms with Crippen LogP contribution in [-0.2, 0) is 17.8 Å². The Balaban J connectivity index is 1.48. The summed E-state index contributed by atoms with van der Waals surface area (Å²) in [6.07, 6.45) is 5.21. The second-order valence-corrected chi connectivity index (χ2v) is 8.20. The van der Waals surface area contributed by atoms with Crippen molar-refractivity contribution in [3.05, 3.63) is 35.4 Å². The Morgan fingerprint density at radius 1 is 1.07 bits per heavy atom. The van der Waals surface area contributed by atoms with E-state index in [0.29, 0.717) is 12.6 Å². The van der Waals surface area contributed by atoms with Crippen molar-refractivity contribution in [3.8, 4) is 0 Å². The summed E-state index contributed by atoms with van der Waals surface area (Å²) >= 11 is 0. The molecular formula is C23H39N5O. The highest BCUT2D eigenvalue weighted by atomic mass is 16.5. The van der Waals surface area contributed by atoms with Crippen LogP contribution in [0, 0.1) is 0 Å². The summed E-state index contributed by atoms with van der Waals surface area (Å²) in [6.45, 7) is 11.2. The van der Waals surface area contributed by atoms with Crippen LogP contribution in [0.3, 0.4) is 0 Å². The van der Waals surface area contributed by atoms with Crippen LogP contribution in [0.5, 0.6) is 0 Å². The van der Waals surface area contributed by atoms with Crippen molar-refractivity contribution in [1.82, 2.24) is 20.4 Å². The van der Waals surface area contributed by atoms with Gasteiger partial charge in [0.25, 0.3) is 0 Å². The van der Waals surface area contributed by atoms with Crippen LogP contribution in [0.1, 0.15) is 43.7 Å². The summed E-state index contributed by atoms with van der Waals surface area (Å²) in [6, 6.07) is 9.54. The Labute approximate surface area is 176 Å². The Morgan fingerprint density at radius 2 is 1.83 bits per heavy atom. The fourth-order valence-electron chi connectivity index (χ4n) is 4.30. The maximum atomic E-state index is 5.25. The molecule has 0 spiro atoms. The number of ether oxygens (including phenoxy) is 1. The van der Waals surface area contributed by atoms with Crippen molar-refractivity contribution < 1.29 is 4.74 Å². The van der Waals surface area contributed by atoms with Crippen LogP contribution in [0.15, 0.2) is 29.3 Å². The summed E-state index contributed by atoms with van der Waals surface area (Å²) in [7, 11) is 1.78. The van der Waals surface area contributed by atoms with Crippen LogP contribution in [0.2, 0.25) is 0 Å². The van der Waals surface area contributed by atoms with E-state index in [1.54, 1.807) is 7.11 Å². The molecule has 0 amide bonds. The molecule has 2 fully saturated rings. The molecule has 1 aromatic rings. The minimum atomic E-state index is 0.568. The molecule has 2 aliphatic rings. The SMILES string of the molecule is CCNC(=NCc1ccc(CN2CCCC2)cc1)NCC1CCCN1CCOC. The van der Waals surface area contributed by atoms with Gasteiger partial charge in [0.1, 0.15) is 0 Å². The van der Waals surface area contributed by atoms with E-state index in [1.807, 2.05) is 0 Å². The number of hydrogen-bond donors (Lipinski definition) is 2. The molecule has 3 rings (SSSR count). The number of hydrogen-bond acceptors (Lipinski definition) is 4. The van der Waals surface area contributed by atoms with Crippen LogP contribution < -0.4 is 10.6 Å². The molecular weight excluding hydrogens is 362 g/mol. The molecule has 1 aromatic carbocycles. The topological polar surface area (TPSA) is 52.1 Å². The summed E-state index contributed by atoms with van der Waals surface area (Å²) in [5.41, 5.74) is 2.66. The van der Waals surface area contributed by atoms with Crippen molar-refractivity contribution in [2.75, 3.05) is 53.0 Å². The van der Waals surface area contributed by atoms with Crippen molar-refractivity contribution >= 4 is 5.96 Å². The number of guanidine groups is 1. The van der Waals surface area contributed by atoms with E-state index in [1.165, 1.54) is 56.4 Å². The number of nitrogens with zero attached hydrogens (tertiary/aromatic N) is 3. The number of rotatable bonds is 10. The molecule has 6 heteroatoms. The number of likely N-dealkylation sites (tertiary alicyclic amines) is 2. The molecule has 1 unspecified atom stereocenters. The maximum absolute atomic E-state index is 5.25. The van der Waals surface area contributed by atoms with E-state index < -0.39 is 0 Å². The molecule has 0 bridgehead atoms. The molecule has 1 atom stereocenters. The van der Waals surface area contributed by atoms with E-state index in [9.17, 15) is 0 Å². The molecule has 29 heavy (non-hydrogen) atoms. The van der Waals surface area contributed by atoms with Gasteiger partial charge in [-0.1, -0.05) is 24.3 Å². The molecule has 6 nitrogen and oxygen atoms in total. The Morgan fingerprint density at radius 3 is 2.55 bits per heavy atom. The zero-order valence-corrected chi connectivity index (χ0v) is 18.3. The van der Waals surface area contributed by atoms with Gasteiger partial charge in [-0.25, -0.2) is 4.99 Å². The zero-order valence-electron chi connectivity index (χ0n) is 18.3. The first kappa shape index (κ1) is 22.1. The van der Waals surface area contributed by atoms with Gasteiger partial charge in [-0.05, 0) is 63.4 Å². The highest BCUT2D eigenvalue weighted by Crippen LogP contribution is 2.16. The van der Waals surface area contributed by atoms with Crippen LogP contribution in [0.25, 0.3) is 0 Å². The van der Waals surface area contributed by atoms with E-state index in [-0.39, 0.29) is 0 Å². The number of nitrogens with one attached hydrogen (secondary N) is 2. The number of aliphatic imine (C=N–C) groups is 1. The predicted molar refractivity (Wildman–Crippen MR) is 120 cm³/mol. The third kappa shape index (κ3) is 7.28. The summed E-state index contributed by atoms with van der Waals surface area (Å²) in [4.78, 5) is 9.87. The molecule has 2 saturated heterocycles. The third-order valence-electron chi connectivity index (χ3n) is 5.98. The van der Waals surface area contributed by atoms with E-state index in [2.05, 4.69) is 51.6 Å². The fourth-order valence-corrected chi connectivity index (χ4v) is 4.30. The van der Waals surface area contributed by atoms with Gasteiger partial charge in [0.2, 0.25) is 0 Å². The highest BCUT2D eigenvalue weighted by molar-refractivity contribution is 5.79. The van der Waals surface area contributed by atoms with Crippen LogP contribution in [0.4, 0.5) is 0 Å². The molecule has 0 aliphatic carbocycles. The van der Waals surface area contributed by atoms with Crippen LogP contribution in [-0.4, -0.2) is 74.8 Å². The Bertz CT molecular complexity index is 612. The van der Waals surface area contributed by atoms with Crippen molar-refractivity contribution in [3.63, 3.8) is 0 Å². The minimum Gasteiger partial charge on any atom is -0.383 e. The van der Waals surface area contributed by atoms with Gasteiger partial charge in [-0.15, -0.1) is 0 Å². The highest BCUT2D eigenvalue weighted by Gasteiger charge is 2.23. The molecule has 2 N–H and O–H groups in total. The van der Waals surface area contributed by atoms with Crippen molar-refractivity contribution in [2.24, 2.45) is 4.99 Å². The second kappa shape index (κ2) is 12.2. The number of benzene rings is 1. The van der Waals surface area contributed by atoms with Gasteiger partial charge >= 0.3 is 0 Å². The van der Waals surface area contributed by atoms with Gasteiger partial charge in [-0.2, -0.15) is 0 Å². The lowest BCUT2D eigenvalue weighted by Crippen LogP contribution is -2.45. The smallest absolute Gasteiger partial charge is 0.191 e. The Kier molecular flexibility index (Phi) is 9.25.